The van der Waals surface area contributed by atoms with E-state index in [4.69, 9.17) is 4.74 Å². The molecule has 1 aliphatic rings. The van der Waals surface area contributed by atoms with E-state index in [1.54, 1.807) is 0 Å². The van der Waals surface area contributed by atoms with Crippen molar-refractivity contribution in [1.29, 1.82) is 0 Å². The lowest BCUT2D eigenvalue weighted by molar-refractivity contribution is -0.360. The maximum atomic E-state index is 10.6. The van der Waals surface area contributed by atoms with Gasteiger partial charge < -0.3 is 24.5 Å². The van der Waals surface area contributed by atoms with Crippen LogP contribution in [0.4, 0.5) is 0 Å². The van der Waals surface area contributed by atoms with E-state index in [1.807, 2.05) is 0 Å². The van der Waals surface area contributed by atoms with E-state index in [0.717, 1.165) is 0 Å². The second kappa shape index (κ2) is 2.69. The summed E-state index contributed by atoms with van der Waals surface area (Å²) in [5.41, 5.74) is 0. The largest absolute Gasteiger partial charge is 0.575 e. The molecule has 0 aromatic heterocycles. The van der Waals surface area contributed by atoms with Gasteiger partial charge in [-0.25, -0.2) is 0 Å². The number of hydrogen-bond donors (Lipinski definition) is 0. The van der Waals surface area contributed by atoms with Crippen LogP contribution in [0.5, 0.6) is 0 Å². The Labute approximate surface area is 62.8 Å². The van der Waals surface area contributed by atoms with Crippen LogP contribution < -0.4 is 10.2 Å². The highest BCUT2D eigenvalue weighted by Crippen LogP contribution is 2.19. The third-order valence-electron chi connectivity index (χ3n) is 1.11. The molecular formula is C6H6O5-2. The molecule has 0 amide bonds. The zero-order valence-corrected chi connectivity index (χ0v) is 5.83. The molecule has 11 heavy (non-hydrogen) atoms. The van der Waals surface area contributed by atoms with Gasteiger partial charge in [-0.05, 0) is 6.92 Å². The maximum Gasteiger partial charge on any atom is 0.148 e. The van der Waals surface area contributed by atoms with Crippen molar-refractivity contribution < 1.29 is 24.5 Å². The summed E-state index contributed by atoms with van der Waals surface area (Å²) in [5.74, 6) is -2.27. The van der Waals surface area contributed by atoms with Crippen molar-refractivity contribution >= 4 is 5.97 Å². The molecule has 1 aliphatic heterocycles. The zero-order valence-electron chi connectivity index (χ0n) is 5.83. The highest BCUT2D eigenvalue weighted by Gasteiger charge is 2.13. The Morgan fingerprint density at radius 3 is 2.64 bits per heavy atom. The number of hydrogen-bond acceptors (Lipinski definition) is 5. The number of carbonyl (C=O) groups is 1. The molecule has 0 saturated heterocycles. The smallest absolute Gasteiger partial charge is 0.148 e. The molecule has 0 fully saturated rings. The van der Waals surface area contributed by atoms with Gasteiger partial charge in [-0.15, -0.1) is 0 Å². The van der Waals surface area contributed by atoms with Crippen LogP contribution in [0.15, 0.2) is 11.7 Å². The lowest BCUT2D eigenvalue weighted by Crippen LogP contribution is -2.23. The van der Waals surface area contributed by atoms with Crippen molar-refractivity contribution in [3.8, 4) is 0 Å². The molecule has 0 bridgehead atoms. The van der Waals surface area contributed by atoms with Crippen LogP contribution in [0, 0.1) is 0 Å². The van der Waals surface area contributed by atoms with E-state index in [-0.39, 0.29) is 5.76 Å². The minimum atomic E-state index is -1.36. The van der Waals surface area contributed by atoms with Crippen molar-refractivity contribution in [2.75, 3.05) is 0 Å². The first-order valence-corrected chi connectivity index (χ1v) is 3.03. The second-order valence-electron chi connectivity index (χ2n) is 2.06. The fourth-order valence-corrected chi connectivity index (χ4v) is 0.734. The second-order valence-corrected chi connectivity index (χ2v) is 2.06. The Morgan fingerprint density at radius 1 is 1.64 bits per heavy atom. The van der Waals surface area contributed by atoms with Crippen LogP contribution in [0.3, 0.4) is 0 Å². The van der Waals surface area contributed by atoms with E-state index in [0.29, 0.717) is 0 Å². The summed E-state index contributed by atoms with van der Waals surface area (Å²) >= 11 is 0. The average Bonchev–Trinajstić information content (AvgIpc) is 2.09. The minimum Gasteiger partial charge on any atom is -0.575 e. The van der Waals surface area contributed by atoms with E-state index in [9.17, 15) is 15.0 Å². The Morgan fingerprint density at radius 2 is 2.27 bits per heavy atom. The Hall–Kier alpha value is -1.39. The molecule has 5 heteroatoms. The molecule has 0 unspecified atom stereocenters. The van der Waals surface area contributed by atoms with Crippen molar-refractivity contribution in [3.63, 3.8) is 0 Å². The molecule has 5 nitrogen and oxygen atoms in total. The summed E-state index contributed by atoms with van der Waals surface area (Å²) < 4.78 is 9.19. The summed E-state index contributed by atoms with van der Waals surface area (Å²) in [6.07, 6.45) is -1.21. The first kappa shape index (κ1) is 7.71. The fourth-order valence-electron chi connectivity index (χ4n) is 0.734. The van der Waals surface area contributed by atoms with Gasteiger partial charge in [0.1, 0.15) is 12.0 Å². The molecule has 0 spiro atoms. The number of ether oxygens (including phenoxy) is 2. The molecule has 0 radical (unpaired) electrons. The number of carboxylic acid groups (broad SMARTS) is 1. The first-order chi connectivity index (χ1) is 5.09. The fraction of sp³-hybridized carbons (Fsp3) is 0.500. The standard InChI is InChI=1S/C6H8O5/c1-3-10-4(2-5(7)8)6(9)11-3/h3,9H,2H2,1H3,(H,7,8)/p-2/t3-/m1/s1. The molecule has 0 aromatic rings. The zero-order chi connectivity index (χ0) is 8.43. The van der Waals surface area contributed by atoms with E-state index < -0.39 is 24.6 Å². The van der Waals surface area contributed by atoms with Gasteiger partial charge in [-0.2, -0.15) is 0 Å². The first-order valence-electron chi connectivity index (χ1n) is 3.03. The number of rotatable bonds is 2. The quantitative estimate of drug-likeness (QED) is 0.466. The monoisotopic (exact) mass is 158 g/mol. The van der Waals surface area contributed by atoms with Gasteiger partial charge >= 0.3 is 0 Å². The molecule has 0 aromatic carbocycles. The third-order valence-corrected chi connectivity index (χ3v) is 1.11. The average molecular weight is 158 g/mol. The Bertz CT molecular complexity index is 207. The van der Waals surface area contributed by atoms with Crippen LogP contribution >= 0.6 is 0 Å². The van der Waals surface area contributed by atoms with Gasteiger partial charge in [0.2, 0.25) is 0 Å². The highest BCUT2D eigenvalue weighted by atomic mass is 16.8. The lowest BCUT2D eigenvalue weighted by atomic mass is 10.4. The van der Waals surface area contributed by atoms with E-state index in [2.05, 4.69) is 4.74 Å². The van der Waals surface area contributed by atoms with Crippen molar-refractivity contribution in [2.45, 2.75) is 19.6 Å². The molecule has 1 atom stereocenters. The molecule has 0 N–H and O–H groups in total. The summed E-state index contributed by atoms with van der Waals surface area (Å²) in [5, 5.41) is 20.6. The van der Waals surface area contributed by atoms with Crippen LogP contribution in [-0.2, 0) is 14.3 Å². The number of carboxylic acids is 1. The van der Waals surface area contributed by atoms with Crippen molar-refractivity contribution in [3.05, 3.63) is 11.7 Å². The lowest BCUT2D eigenvalue weighted by Gasteiger charge is -2.11. The van der Waals surface area contributed by atoms with Gasteiger partial charge in [0.05, 0.1) is 5.95 Å². The van der Waals surface area contributed by atoms with Crippen LogP contribution in [0.1, 0.15) is 13.3 Å². The summed E-state index contributed by atoms with van der Waals surface area (Å²) in [6.45, 7) is 1.50. The minimum absolute atomic E-state index is 0.197. The van der Waals surface area contributed by atoms with Crippen molar-refractivity contribution in [2.24, 2.45) is 0 Å². The highest BCUT2D eigenvalue weighted by molar-refractivity contribution is 5.67. The van der Waals surface area contributed by atoms with Gasteiger partial charge in [-0.1, -0.05) is 0 Å². The Kier molecular flexibility index (Phi) is 1.89. The molecule has 0 saturated carbocycles. The molecule has 62 valence electrons. The van der Waals surface area contributed by atoms with E-state index in [1.165, 1.54) is 6.92 Å². The predicted molar refractivity (Wildman–Crippen MR) is 28.3 cm³/mol. The molecule has 1 rings (SSSR count). The van der Waals surface area contributed by atoms with Gasteiger partial charge in [0, 0.05) is 12.4 Å². The van der Waals surface area contributed by atoms with Crippen LogP contribution in [-0.4, -0.2) is 12.3 Å². The number of carbonyl (C=O) groups excluding carboxylic acids is 1. The predicted octanol–water partition coefficient (Wildman–Crippen LogP) is -1.95. The van der Waals surface area contributed by atoms with Gasteiger partial charge in [0.25, 0.3) is 0 Å². The normalized spacial score (nSPS) is 22.8. The summed E-state index contributed by atoms with van der Waals surface area (Å²) in [4.78, 5) is 9.99. The van der Waals surface area contributed by atoms with Crippen LogP contribution in [0.2, 0.25) is 0 Å². The summed E-state index contributed by atoms with van der Waals surface area (Å²) in [6, 6.07) is 0. The third kappa shape index (κ3) is 1.76. The van der Waals surface area contributed by atoms with Gasteiger partial charge in [-0.3, -0.25) is 0 Å². The van der Waals surface area contributed by atoms with Crippen molar-refractivity contribution in [1.82, 2.24) is 0 Å². The molecule has 0 aliphatic carbocycles. The molecule has 1 heterocycles. The summed E-state index contributed by atoms with van der Waals surface area (Å²) in [7, 11) is 0. The van der Waals surface area contributed by atoms with Crippen LogP contribution in [0.25, 0.3) is 0 Å². The SMILES string of the molecule is C[C@H]1OC([O-])=C(CC(=O)[O-])O1. The Balaban J connectivity index is 2.57. The molecular weight excluding hydrogens is 152 g/mol. The van der Waals surface area contributed by atoms with Gasteiger partial charge in [0.15, 0.2) is 0 Å². The topological polar surface area (TPSA) is 81.7 Å². The van der Waals surface area contributed by atoms with E-state index >= 15 is 0 Å². The number of aliphatic carboxylic acids is 1. The maximum absolute atomic E-state index is 10.6.